The molecule has 0 radical (unpaired) electrons. The SMILES string of the molecule is CCC1CCCCN1C(=O)C(C)N1CCC(O)CC1. The molecule has 2 rings (SSSR count). The summed E-state index contributed by atoms with van der Waals surface area (Å²) < 4.78 is 0. The maximum absolute atomic E-state index is 12.7. The third-order valence-corrected chi connectivity index (χ3v) is 4.79. The van der Waals surface area contributed by atoms with E-state index in [0.717, 1.165) is 51.7 Å². The Kier molecular flexibility index (Phi) is 5.22. The molecule has 2 unspecified atom stereocenters. The van der Waals surface area contributed by atoms with Crippen LogP contribution in [0.5, 0.6) is 0 Å². The average Bonchev–Trinajstić information content (AvgIpc) is 2.46. The van der Waals surface area contributed by atoms with Gasteiger partial charge in [0.05, 0.1) is 12.1 Å². The first-order valence-corrected chi connectivity index (χ1v) is 7.86. The first-order valence-electron chi connectivity index (χ1n) is 7.86. The molecule has 2 fully saturated rings. The highest BCUT2D eigenvalue weighted by Crippen LogP contribution is 2.22. The summed E-state index contributed by atoms with van der Waals surface area (Å²) in [5.41, 5.74) is 0. The molecule has 2 saturated heterocycles. The summed E-state index contributed by atoms with van der Waals surface area (Å²) in [6.07, 6.45) is 6.06. The van der Waals surface area contributed by atoms with Crippen LogP contribution in [0, 0.1) is 0 Å². The van der Waals surface area contributed by atoms with Crippen LogP contribution in [0.3, 0.4) is 0 Å². The first kappa shape index (κ1) is 14.8. The number of hydrogen-bond donors (Lipinski definition) is 1. The minimum Gasteiger partial charge on any atom is -0.393 e. The predicted octanol–water partition coefficient (Wildman–Crippen LogP) is 1.62. The van der Waals surface area contributed by atoms with Gasteiger partial charge in [-0.1, -0.05) is 6.92 Å². The molecule has 19 heavy (non-hydrogen) atoms. The number of nitrogens with zero attached hydrogens (tertiary/aromatic N) is 2. The second-order valence-corrected chi connectivity index (χ2v) is 6.03. The van der Waals surface area contributed by atoms with Crippen LogP contribution in [0.1, 0.15) is 52.4 Å². The highest BCUT2D eigenvalue weighted by Gasteiger charge is 2.32. The first-order chi connectivity index (χ1) is 9.13. The molecule has 2 aliphatic rings. The fourth-order valence-corrected chi connectivity index (χ4v) is 3.38. The van der Waals surface area contributed by atoms with E-state index in [9.17, 15) is 9.90 Å². The van der Waals surface area contributed by atoms with Crippen LogP contribution in [0.4, 0.5) is 0 Å². The Bertz CT molecular complexity index is 301. The Morgan fingerprint density at radius 3 is 2.53 bits per heavy atom. The van der Waals surface area contributed by atoms with Crippen molar-refractivity contribution >= 4 is 5.91 Å². The normalized spacial score (nSPS) is 28.4. The largest absolute Gasteiger partial charge is 0.393 e. The molecule has 2 atom stereocenters. The Morgan fingerprint density at radius 2 is 1.89 bits per heavy atom. The van der Waals surface area contributed by atoms with E-state index in [4.69, 9.17) is 0 Å². The number of rotatable bonds is 3. The fraction of sp³-hybridized carbons (Fsp3) is 0.933. The zero-order valence-electron chi connectivity index (χ0n) is 12.3. The lowest BCUT2D eigenvalue weighted by Crippen LogP contribution is -2.54. The number of carbonyl (C=O) groups excluding carboxylic acids is 1. The van der Waals surface area contributed by atoms with Gasteiger partial charge < -0.3 is 10.0 Å². The standard InChI is InChI=1S/C15H28N2O2/c1-3-13-6-4-5-9-17(13)15(19)12(2)16-10-7-14(18)8-11-16/h12-14,18H,3-11H2,1-2H3. The van der Waals surface area contributed by atoms with E-state index in [-0.39, 0.29) is 12.1 Å². The molecular formula is C15H28N2O2. The molecule has 110 valence electrons. The topological polar surface area (TPSA) is 43.8 Å². The van der Waals surface area contributed by atoms with E-state index in [0.29, 0.717) is 11.9 Å². The van der Waals surface area contributed by atoms with Crippen molar-refractivity contribution in [2.75, 3.05) is 19.6 Å². The van der Waals surface area contributed by atoms with E-state index in [1.165, 1.54) is 6.42 Å². The maximum Gasteiger partial charge on any atom is 0.239 e. The third kappa shape index (κ3) is 3.48. The van der Waals surface area contributed by atoms with Crippen LogP contribution >= 0.6 is 0 Å². The van der Waals surface area contributed by atoms with Crippen LogP contribution in [0.15, 0.2) is 0 Å². The summed E-state index contributed by atoms with van der Waals surface area (Å²) in [6.45, 7) is 6.83. The zero-order chi connectivity index (χ0) is 13.8. The molecule has 0 spiro atoms. The van der Waals surface area contributed by atoms with Crippen molar-refractivity contribution in [2.45, 2.75) is 70.6 Å². The monoisotopic (exact) mass is 268 g/mol. The Balaban J connectivity index is 1.93. The van der Waals surface area contributed by atoms with Crippen molar-refractivity contribution in [1.82, 2.24) is 9.80 Å². The molecule has 2 aliphatic heterocycles. The summed E-state index contributed by atoms with van der Waals surface area (Å²) in [5, 5.41) is 9.55. The third-order valence-electron chi connectivity index (χ3n) is 4.79. The van der Waals surface area contributed by atoms with Gasteiger partial charge in [-0.05, 0) is 45.4 Å². The van der Waals surface area contributed by atoms with E-state index < -0.39 is 0 Å². The van der Waals surface area contributed by atoms with Crippen molar-refractivity contribution in [2.24, 2.45) is 0 Å². The van der Waals surface area contributed by atoms with Crippen LogP contribution < -0.4 is 0 Å². The van der Waals surface area contributed by atoms with Gasteiger partial charge in [-0.3, -0.25) is 9.69 Å². The molecule has 0 aromatic heterocycles. The Morgan fingerprint density at radius 1 is 1.21 bits per heavy atom. The number of hydrogen-bond acceptors (Lipinski definition) is 3. The van der Waals surface area contributed by atoms with Crippen molar-refractivity contribution in [3.63, 3.8) is 0 Å². The van der Waals surface area contributed by atoms with Gasteiger partial charge in [0.2, 0.25) is 5.91 Å². The average molecular weight is 268 g/mol. The molecule has 1 amide bonds. The molecule has 0 saturated carbocycles. The van der Waals surface area contributed by atoms with Gasteiger partial charge in [-0.2, -0.15) is 0 Å². The summed E-state index contributed by atoms with van der Waals surface area (Å²) in [4.78, 5) is 17.0. The highest BCUT2D eigenvalue weighted by atomic mass is 16.3. The molecular weight excluding hydrogens is 240 g/mol. The van der Waals surface area contributed by atoms with Gasteiger partial charge in [0.15, 0.2) is 0 Å². The van der Waals surface area contributed by atoms with Gasteiger partial charge >= 0.3 is 0 Å². The van der Waals surface area contributed by atoms with E-state index in [2.05, 4.69) is 16.7 Å². The van der Waals surface area contributed by atoms with Gasteiger partial charge in [0.25, 0.3) is 0 Å². The van der Waals surface area contributed by atoms with Crippen LogP contribution in [0.25, 0.3) is 0 Å². The van der Waals surface area contributed by atoms with Gasteiger partial charge in [-0.15, -0.1) is 0 Å². The second-order valence-electron chi connectivity index (χ2n) is 6.03. The number of amides is 1. The lowest BCUT2D eigenvalue weighted by atomic mass is 9.98. The highest BCUT2D eigenvalue weighted by molar-refractivity contribution is 5.82. The molecule has 0 aliphatic carbocycles. The number of carbonyl (C=O) groups is 1. The number of aliphatic hydroxyl groups is 1. The fourth-order valence-electron chi connectivity index (χ4n) is 3.38. The van der Waals surface area contributed by atoms with E-state index in [1.807, 2.05) is 6.92 Å². The maximum atomic E-state index is 12.7. The van der Waals surface area contributed by atoms with Crippen molar-refractivity contribution in [3.8, 4) is 0 Å². The van der Waals surface area contributed by atoms with E-state index in [1.54, 1.807) is 0 Å². The molecule has 0 aromatic carbocycles. The lowest BCUT2D eigenvalue weighted by Gasteiger charge is -2.40. The van der Waals surface area contributed by atoms with Crippen molar-refractivity contribution in [3.05, 3.63) is 0 Å². The molecule has 2 heterocycles. The molecule has 0 aromatic rings. The summed E-state index contributed by atoms with van der Waals surface area (Å²) in [5.74, 6) is 0.294. The van der Waals surface area contributed by atoms with Gasteiger partial charge in [-0.25, -0.2) is 0 Å². The Labute approximate surface area is 116 Å². The number of piperidine rings is 2. The molecule has 4 heteroatoms. The van der Waals surface area contributed by atoms with Crippen molar-refractivity contribution < 1.29 is 9.90 Å². The number of likely N-dealkylation sites (tertiary alicyclic amines) is 2. The number of aliphatic hydroxyl groups excluding tert-OH is 1. The van der Waals surface area contributed by atoms with Crippen LogP contribution in [-0.4, -0.2) is 58.6 Å². The summed E-state index contributed by atoms with van der Waals surface area (Å²) in [6, 6.07) is 0.415. The lowest BCUT2D eigenvalue weighted by molar-refractivity contribution is -0.141. The molecule has 0 bridgehead atoms. The zero-order valence-corrected chi connectivity index (χ0v) is 12.3. The Hall–Kier alpha value is -0.610. The van der Waals surface area contributed by atoms with Crippen LogP contribution in [0.2, 0.25) is 0 Å². The van der Waals surface area contributed by atoms with Crippen LogP contribution in [-0.2, 0) is 4.79 Å². The minimum atomic E-state index is -0.170. The predicted molar refractivity (Wildman–Crippen MR) is 75.9 cm³/mol. The molecule has 1 N–H and O–H groups in total. The van der Waals surface area contributed by atoms with E-state index >= 15 is 0 Å². The van der Waals surface area contributed by atoms with Gasteiger partial charge in [0, 0.05) is 25.7 Å². The summed E-state index contributed by atoms with van der Waals surface area (Å²) >= 11 is 0. The quantitative estimate of drug-likeness (QED) is 0.846. The smallest absolute Gasteiger partial charge is 0.239 e. The minimum absolute atomic E-state index is 0.0281. The summed E-state index contributed by atoms with van der Waals surface area (Å²) in [7, 11) is 0. The van der Waals surface area contributed by atoms with Crippen molar-refractivity contribution in [1.29, 1.82) is 0 Å². The van der Waals surface area contributed by atoms with Gasteiger partial charge in [0.1, 0.15) is 0 Å². The molecule has 4 nitrogen and oxygen atoms in total. The second kappa shape index (κ2) is 6.71.